The van der Waals surface area contributed by atoms with E-state index in [1.54, 1.807) is 0 Å². The van der Waals surface area contributed by atoms with Crippen molar-refractivity contribution in [2.24, 2.45) is 11.8 Å². The van der Waals surface area contributed by atoms with Crippen molar-refractivity contribution in [2.45, 2.75) is 12.8 Å². The van der Waals surface area contributed by atoms with Crippen molar-refractivity contribution in [2.75, 3.05) is 26.2 Å². The number of halogens is 1. The number of fused-ring (bicyclic) bond motifs is 1. The molecule has 1 aromatic carbocycles. The van der Waals surface area contributed by atoms with Gasteiger partial charge in [0.25, 0.3) is 0 Å². The van der Waals surface area contributed by atoms with Gasteiger partial charge in [-0.15, -0.1) is 0 Å². The van der Waals surface area contributed by atoms with E-state index in [-0.39, 0.29) is 5.91 Å². The normalized spacial score (nSPS) is 26.3. The second kappa shape index (κ2) is 5.51. The second-order valence-electron chi connectivity index (χ2n) is 5.61. The van der Waals surface area contributed by atoms with Crippen LogP contribution in [0.15, 0.2) is 24.3 Å². The van der Waals surface area contributed by atoms with E-state index >= 15 is 0 Å². The first-order chi connectivity index (χ1) is 9.22. The number of benzene rings is 1. The zero-order valence-corrected chi connectivity index (χ0v) is 11.7. The van der Waals surface area contributed by atoms with Gasteiger partial charge in [0.2, 0.25) is 5.91 Å². The summed E-state index contributed by atoms with van der Waals surface area (Å²) in [6.07, 6.45) is 1.60. The molecule has 0 unspecified atom stereocenters. The number of amides is 1. The van der Waals surface area contributed by atoms with Gasteiger partial charge in [0.1, 0.15) is 0 Å². The fourth-order valence-electron chi connectivity index (χ4n) is 3.19. The molecule has 0 aromatic heterocycles. The molecule has 1 amide bonds. The highest BCUT2D eigenvalue weighted by Gasteiger charge is 2.34. The van der Waals surface area contributed by atoms with Crippen LogP contribution in [0.3, 0.4) is 0 Å². The van der Waals surface area contributed by atoms with Gasteiger partial charge in [-0.05, 0) is 49.0 Å². The number of hydrogen-bond acceptors (Lipinski definition) is 2. The molecule has 0 bridgehead atoms. The quantitative estimate of drug-likeness (QED) is 0.897. The molecule has 19 heavy (non-hydrogen) atoms. The number of rotatable bonds is 2. The zero-order chi connectivity index (χ0) is 13.2. The van der Waals surface area contributed by atoms with E-state index in [4.69, 9.17) is 11.6 Å². The molecule has 3 rings (SSSR count). The van der Waals surface area contributed by atoms with E-state index < -0.39 is 0 Å². The molecule has 0 aliphatic carbocycles. The fraction of sp³-hybridized carbons (Fsp3) is 0.533. The van der Waals surface area contributed by atoms with Crippen molar-refractivity contribution in [3.05, 3.63) is 34.9 Å². The summed E-state index contributed by atoms with van der Waals surface area (Å²) in [6.45, 7) is 4.01. The molecule has 1 N–H and O–H groups in total. The lowest BCUT2D eigenvalue weighted by Crippen LogP contribution is -2.44. The number of carbonyl (C=O) groups excluding carboxylic acids is 1. The van der Waals surface area contributed by atoms with Crippen molar-refractivity contribution in [1.82, 2.24) is 10.2 Å². The summed E-state index contributed by atoms with van der Waals surface area (Å²) >= 11 is 5.95. The minimum absolute atomic E-state index is 0.229. The first-order valence-electron chi connectivity index (χ1n) is 6.95. The van der Waals surface area contributed by atoms with E-state index in [0.29, 0.717) is 17.4 Å². The molecule has 2 fully saturated rings. The highest BCUT2D eigenvalue weighted by molar-refractivity contribution is 6.30. The van der Waals surface area contributed by atoms with Gasteiger partial charge in [-0.25, -0.2) is 0 Å². The first-order valence-corrected chi connectivity index (χ1v) is 7.33. The number of likely N-dealkylation sites (tertiary alicyclic amines) is 1. The minimum Gasteiger partial charge on any atom is -0.342 e. The van der Waals surface area contributed by atoms with Crippen LogP contribution in [0.25, 0.3) is 0 Å². The summed E-state index contributed by atoms with van der Waals surface area (Å²) in [5.74, 6) is 1.65. The fourth-order valence-corrected chi connectivity index (χ4v) is 3.41. The summed E-state index contributed by atoms with van der Waals surface area (Å²) in [5.41, 5.74) is 1.00. The van der Waals surface area contributed by atoms with Crippen LogP contribution in [0.5, 0.6) is 0 Å². The Hall–Kier alpha value is -1.06. The van der Waals surface area contributed by atoms with Crippen molar-refractivity contribution in [3.63, 3.8) is 0 Å². The Morgan fingerprint density at radius 2 is 2.21 bits per heavy atom. The maximum atomic E-state index is 12.3. The standard InChI is InChI=1S/C15H19ClN2O/c16-14-3-1-2-11(6-14)7-15(19)18-5-4-12-8-17-9-13(12)10-18/h1-3,6,12-13,17H,4-5,7-10H2/t12-,13+/m0/s1. The van der Waals surface area contributed by atoms with Gasteiger partial charge in [-0.1, -0.05) is 23.7 Å². The van der Waals surface area contributed by atoms with Gasteiger partial charge in [0.05, 0.1) is 6.42 Å². The van der Waals surface area contributed by atoms with Gasteiger partial charge >= 0.3 is 0 Å². The maximum Gasteiger partial charge on any atom is 0.227 e. The van der Waals surface area contributed by atoms with Crippen molar-refractivity contribution in [1.29, 1.82) is 0 Å². The van der Waals surface area contributed by atoms with Gasteiger partial charge < -0.3 is 10.2 Å². The number of nitrogens with one attached hydrogen (secondary N) is 1. The molecule has 3 nitrogen and oxygen atoms in total. The number of nitrogens with zero attached hydrogens (tertiary/aromatic N) is 1. The van der Waals surface area contributed by atoms with E-state index in [1.807, 2.05) is 29.2 Å². The Kier molecular flexibility index (Phi) is 3.76. The Balaban J connectivity index is 1.61. The highest BCUT2D eigenvalue weighted by Crippen LogP contribution is 2.26. The molecule has 2 saturated heterocycles. The third-order valence-electron chi connectivity index (χ3n) is 4.30. The van der Waals surface area contributed by atoms with Crippen molar-refractivity contribution < 1.29 is 4.79 Å². The third-order valence-corrected chi connectivity index (χ3v) is 4.54. The number of piperidine rings is 1. The molecule has 1 aromatic rings. The molecule has 0 radical (unpaired) electrons. The van der Waals surface area contributed by atoms with Crippen LogP contribution in [0.2, 0.25) is 5.02 Å². The van der Waals surface area contributed by atoms with Crippen molar-refractivity contribution in [3.8, 4) is 0 Å². The van der Waals surface area contributed by atoms with Gasteiger partial charge in [0, 0.05) is 18.1 Å². The lowest BCUT2D eigenvalue weighted by atomic mass is 9.88. The Morgan fingerprint density at radius 1 is 1.37 bits per heavy atom. The van der Waals surface area contributed by atoms with Crippen LogP contribution < -0.4 is 5.32 Å². The topological polar surface area (TPSA) is 32.3 Å². The van der Waals surface area contributed by atoms with Crippen LogP contribution in [-0.2, 0) is 11.2 Å². The van der Waals surface area contributed by atoms with Crippen LogP contribution in [0, 0.1) is 11.8 Å². The van der Waals surface area contributed by atoms with E-state index in [1.165, 1.54) is 0 Å². The van der Waals surface area contributed by atoms with E-state index in [2.05, 4.69) is 5.32 Å². The molecule has 4 heteroatoms. The van der Waals surface area contributed by atoms with Crippen LogP contribution >= 0.6 is 11.6 Å². The summed E-state index contributed by atoms with van der Waals surface area (Å²) in [6, 6.07) is 7.58. The molecule has 2 aliphatic heterocycles. The summed E-state index contributed by atoms with van der Waals surface area (Å²) < 4.78 is 0. The average molecular weight is 279 g/mol. The SMILES string of the molecule is O=C(Cc1cccc(Cl)c1)N1CC[C@H]2CNC[C@@H]2C1. The van der Waals surface area contributed by atoms with Gasteiger partial charge in [0.15, 0.2) is 0 Å². The summed E-state index contributed by atoms with van der Waals surface area (Å²) in [4.78, 5) is 14.4. The predicted octanol–water partition coefficient (Wildman–Crippen LogP) is 1.95. The third kappa shape index (κ3) is 2.93. The predicted molar refractivity (Wildman–Crippen MR) is 76.2 cm³/mol. The second-order valence-corrected chi connectivity index (χ2v) is 6.05. The molecular formula is C15H19ClN2O. The molecule has 2 atom stereocenters. The summed E-state index contributed by atoms with van der Waals surface area (Å²) in [5, 5.41) is 4.12. The van der Waals surface area contributed by atoms with Crippen molar-refractivity contribution >= 4 is 17.5 Å². The lowest BCUT2D eigenvalue weighted by molar-refractivity contribution is -0.132. The number of hydrogen-bond donors (Lipinski definition) is 1. The first kappa shape index (κ1) is 12.9. The Labute approximate surface area is 118 Å². The molecule has 2 aliphatic rings. The smallest absolute Gasteiger partial charge is 0.227 e. The molecule has 2 heterocycles. The Bertz CT molecular complexity index is 477. The van der Waals surface area contributed by atoms with Gasteiger partial charge in [-0.2, -0.15) is 0 Å². The minimum atomic E-state index is 0.229. The Morgan fingerprint density at radius 3 is 3.05 bits per heavy atom. The van der Waals surface area contributed by atoms with Crippen LogP contribution in [-0.4, -0.2) is 37.0 Å². The molecule has 0 spiro atoms. The number of carbonyl (C=O) groups is 1. The maximum absolute atomic E-state index is 12.3. The average Bonchev–Trinajstić information content (AvgIpc) is 2.85. The van der Waals surface area contributed by atoms with Gasteiger partial charge in [-0.3, -0.25) is 4.79 Å². The zero-order valence-electron chi connectivity index (χ0n) is 10.9. The largest absolute Gasteiger partial charge is 0.342 e. The highest BCUT2D eigenvalue weighted by atomic mass is 35.5. The van der Waals surface area contributed by atoms with E-state index in [9.17, 15) is 4.79 Å². The summed E-state index contributed by atoms with van der Waals surface area (Å²) in [7, 11) is 0. The molecular weight excluding hydrogens is 260 g/mol. The lowest BCUT2D eigenvalue weighted by Gasteiger charge is -2.34. The van der Waals surface area contributed by atoms with Crippen LogP contribution in [0.4, 0.5) is 0 Å². The van der Waals surface area contributed by atoms with Crippen LogP contribution in [0.1, 0.15) is 12.0 Å². The molecule has 102 valence electrons. The van der Waals surface area contributed by atoms with E-state index in [0.717, 1.165) is 44.1 Å². The monoisotopic (exact) mass is 278 g/mol. The molecule has 0 saturated carbocycles.